The lowest BCUT2D eigenvalue weighted by Crippen LogP contribution is -2.25. The monoisotopic (exact) mass is 800 g/mol. The molecule has 12 aromatic carbocycles. The molecule has 0 nitrogen and oxygen atoms in total. The Bertz CT molecular complexity index is 4040. The molecule has 15 rings (SSSR count). The van der Waals surface area contributed by atoms with Gasteiger partial charge in [0, 0.05) is 0 Å². The minimum Gasteiger partial charge on any atom is -0.0619 e. The van der Waals surface area contributed by atoms with Gasteiger partial charge in [-0.05, 0) is 182 Å². The Balaban J connectivity index is 1.31. The second-order valence-corrected chi connectivity index (χ2v) is 21.0. The van der Waals surface area contributed by atoms with Crippen LogP contribution in [0.1, 0.15) is 74.9 Å². The fraction of sp³-hybridized carbons (Fsp3) is 0.143. The first-order valence-electron chi connectivity index (χ1n) is 22.9. The predicted octanol–water partition coefficient (Wildman–Crippen LogP) is 17.2. The second-order valence-electron chi connectivity index (χ2n) is 21.0. The number of hydrogen-bond acceptors (Lipinski definition) is 0. The molecule has 0 bridgehead atoms. The van der Waals surface area contributed by atoms with Crippen LogP contribution in [0.4, 0.5) is 0 Å². The molecule has 1 spiro atoms. The zero-order valence-electron chi connectivity index (χ0n) is 36.5. The predicted molar refractivity (Wildman–Crippen MR) is 269 cm³/mol. The van der Waals surface area contributed by atoms with Crippen LogP contribution in [0.25, 0.3) is 120 Å². The SMILES string of the molecule is CC(C)(C)c1cc2ccc3cc(C(C)(C)C)c4c5ccccc5c5c6c7c(cc8c6c(c6c(c1)c2c3c4c65)-c1ccccc1-8)C1(c2ccccc2-c2ccccc21)c1ccccc1-7. The standard InChI is InChI=1S/C63H44/c1-61(2,3)35-29-33-27-28-34-30-48(62(4,5)6)52-40-21-9-10-22-41(40)55-59-53-42-23-13-16-26-47(42)63(45-24-14-11-18-37(45)38-19-12-15-25-46(38)63)49(53)32-43-36-17-7-8-20-39(36)54(56(43)59)57-44(31-35)50(33)51(34)58(52)60(55)57/h7-32H,1-6H3. The van der Waals surface area contributed by atoms with Crippen molar-refractivity contribution < 1.29 is 0 Å². The fourth-order valence-corrected chi connectivity index (χ4v) is 13.5. The molecule has 0 N–H and O–H groups in total. The molecule has 0 saturated carbocycles. The summed E-state index contributed by atoms with van der Waals surface area (Å²) >= 11 is 0. The Morgan fingerprint density at radius 2 is 0.841 bits per heavy atom. The van der Waals surface area contributed by atoms with E-state index in [9.17, 15) is 0 Å². The maximum absolute atomic E-state index is 2.65. The maximum atomic E-state index is 2.65. The van der Waals surface area contributed by atoms with E-state index < -0.39 is 5.41 Å². The zero-order chi connectivity index (χ0) is 42.1. The van der Waals surface area contributed by atoms with Crippen LogP contribution in [-0.2, 0) is 16.2 Å². The van der Waals surface area contributed by atoms with E-state index in [-0.39, 0.29) is 10.8 Å². The third-order valence-electron chi connectivity index (χ3n) is 15.9. The third kappa shape index (κ3) is 3.82. The van der Waals surface area contributed by atoms with Gasteiger partial charge in [0.2, 0.25) is 0 Å². The van der Waals surface area contributed by atoms with Gasteiger partial charge in [-0.2, -0.15) is 0 Å². The first kappa shape index (κ1) is 34.6. The Hall–Kier alpha value is -7.02. The maximum Gasteiger partial charge on any atom is 0.0725 e. The van der Waals surface area contributed by atoms with Crippen molar-refractivity contribution in [2.24, 2.45) is 0 Å². The number of fused-ring (bicyclic) bond motifs is 20. The molecule has 0 aliphatic heterocycles. The Labute approximate surface area is 367 Å². The highest BCUT2D eigenvalue weighted by molar-refractivity contribution is 6.52. The molecule has 12 aromatic rings. The first-order valence-corrected chi connectivity index (χ1v) is 22.9. The number of rotatable bonds is 0. The van der Waals surface area contributed by atoms with Gasteiger partial charge in [-0.3, -0.25) is 0 Å². The smallest absolute Gasteiger partial charge is 0.0619 e. The molecule has 3 aliphatic rings. The summed E-state index contributed by atoms with van der Waals surface area (Å²) in [5.41, 5.74) is 18.7. The molecule has 0 heterocycles. The van der Waals surface area contributed by atoms with Gasteiger partial charge in [-0.25, -0.2) is 0 Å². The van der Waals surface area contributed by atoms with Gasteiger partial charge in [-0.1, -0.05) is 181 Å². The molecule has 63 heavy (non-hydrogen) atoms. The lowest BCUT2D eigenvalue weighted by atomic mass is 9.69. The summed E-state index contributed by atoms with van der Waals surface area (Å²) in [7, 11) is 0. The van der Waals surface area contributed by atoms with E-state index in [2.05, 4.69) is 199 Å². The van der Waals surface area contributed by atoms with Crippen molar-refractivity contribution in [1.29, 1.82) is 0 Å². The van der Waals surface area contributed by atoms with Gasteiger partial charge >= 0.3 is 0 Å². The normalized spacial score (nSPS) is 14.6. The van der Waals surface area contributed by atoms with Gasteiger partial charge < -0.3 is 0 Å². The van der Waals surface area contributed by atoms with E-state index in [0.29, 0.717) is 0 Å². The molecule has 0 unspecified atom stereocenters. The lowest BCUT2D eigenvalue weighted by Gasteiger charge is -2.31. The summed E-state index contributed by atoms with van der Waals surface area (Å²) in [5.74, 6) is 0. The van der Waals surface area contributed by atoms with E-state index >= 15 is 0 Å². The van der Waals surface area contributed by atoms with Crippen molar-refractivity contribution in [3.05, 3.63) is 191 Å². The summed E-state index contributed by atoms with van der Waals surface area (Å²) in [6.07, 6.45) is 0. The molecule has 0 aromatic heterocycles. The third-order valence-corrected chi connectivity index (χ3v) is 15.9. The van der Waals surface area contributed by atoms with Crippen molar-refractivity contribution in [1.82, 2.24) is 0 Å². The van der Waals surface area contributed by atoms with E-state index in [0.717, 1.165) is 0 Å². The quantitative estimate of drug-likeness (QED) is 0.106. The van der Waals surface area contributed by atoms with Gasteiger partial charge in [0.25, 0.3) is 0 Å². The molecule has 0 amide bonds. The van der Waals surface area contributed by atoms with Gasteiger partial charge in [0.05, 0.1) is 5.41 Å². The molecule has 0 heteroatoms. The highest BCUT2D eigenvalue weighted by atomic mass is 14.5. The summed E-state index contributed by atoms with van der Waals surface area (Å²) in [4.78, 5) is 0. The summed E-state index contributed by atoms with van der Waals surface area (Å²) in [6, 6.07) is 61.9. The summed E-state index contributed by atoms with van der Waals surface area (Å²) < 4.78 is 0. The summed E-state index contributed by atoms with van der Waals surface area (Å²) in [5, 5.41) is 19.5. The molecular weight excluding hydrogens is 757 g/mol. The molecule has 0 saturated heterocycles. The first-order chi connectivity index (χ1) is 30.6. The molecule has 0 atom stereocenters. The van der Waals surface area contributed by atoms with E-state index in [1.165, 1.54) is 153 Å². The topological polar surface area (TPSA) is 0 Å². The van der Waals surface area contributed by atoms with Crippen LogP contribution in [0.15, 0.2) is 158 Å². The average Bonchev–Trinajstić information content (AvgIpc) is 3.90. The van der Waals surface area contributed by atoms with Crippen LogP contribution in [0.5, 0.6) is 0 Å². The highest BCUT2D eigenvalue weighted by Crippen LogP contribution is 2.68. The van der Waals surface area contributed by atoms with Crippen molar-refractivity contribution in [2.45, 2.75) is 57.8 Å². The Morgan fingerprint density at radius 3 is 1.49 bits per heavy atom. The van der Waals surface area contributed by atoms with Crippen LogP contribution in [0.2, 0.25) is 0 Å². The molecule has 296 valence electrons. The van der Waals surface area contributed by atoms with Crippen LogP contribution in [0.3, 0.4) is 0 Å². The summed E-state index contributed by atoms with van der Waals surface area (Å²) in [6.45, 7) is 14.3. The lowest BCUT2D eigenvalue weighted by molar-refractivity contribution is 0.591. The minimum absolute atomic E-state index is 0.0270. The van der Waals surface area contributed by atoms with Crippen LogP contribution < -0.4 is 0 Å². The van der Waals surface area contributed by atoms with E-state index in [1.807, 2.05) is 0 Å². The van der Waals surface area contributed by atoms with Crippen molar-refractivity contribution in [3.63, 3.8) is 0 Å². The molecule has 3 aliphatic carbocycles. The van der Waals surface area contributed by atoms with Crippen LogP contribution in [0, 0.1) is 0 Å². The molecule has 0 radical (unpaired) electrons. The zero-order valence-corrected chi connectivity index (χ0v) is 36.5. The average molecular weight is 801 g/mol. The number of hydrogen-bond donors (Lipinski definition) is 0. The van der Waals surface area contributed by atoms with Gasteiger partial charge in [0.1, 0.15) is 0 Å². The van der Waals surface area contributed by atoms with Gasteiger partial charge in [0.15, 0.2) is 0 Å². The van der Waals surface area contributed by atoms with Crippen molar-refractivity contribution in [2.75, 3.05) is 0 Å². The van der Waals surface area contributed by atoms with Crippen LogP contribution >= 0.6 is 0 Å². The number of benzene rings is 12. The van der Waals surface area contributed by atoms with Gasteiger partial charge in [-0.15, -0.1) is 0 Å². The van der Waals surface area contributed by atoms with Crippen molar-refractivity contribution >= 4 is 75.4 Å². The second kappa shape index (κ2) is 10.9. The Morgan fingerprint density at radius 1 is 0.302 bits per heavy atom. The van der Waals surface area contributed by atoms with E-state index in [1.54, 1.807) is 0 Å². The molecule has 0 fully saturated rings. The van der Waals surface area contributed by atoms with Crippen molar-refractivity contribution in [3.8, 4) is 44.5 Å². The molecular formula is C63H44. The minimum atomic E-state index is -0.456. The fourth-order valence-electron chi connectivity index (χ4n) is 13.5. The Kier molecular flexibility index (Phi) is 6.00. The van der Waals surface area contributed by atoms with E-state index in [4.69, 9.17) is 0 Å². The highest BCUT2D eigenvalue weighted by Gasteiger charge is 2.53. The largest absolute Gasteiger partial charge is 0.0725 e. The van der Waals surface area contributed by atoms with Crippen LogP contribution in [-0.4, -0.2) is 0 Å².